The van der Waals surface area contributed by atoms with E-state index in [2.05, 4.69) is 21.5 Å². The van der Waals surface area contributed by atoms with Crippen molar-refractivity contribution in [2.24, 2.45) is 0 Å². The fraction of sp³-hybridized carbons (Fsp3) is 0.261. The van der Waals surface area contributed by atoms with E-state index in [1.807, 2.05) is 35.2 Å². The zero-order chi connectivity index (χ0) is 22.3. The SMILES string of the molecule is N#Cc1cccnc1N1CCCN(C(=O)CNC(=O)c2cc(-c3ccccc3)on2)CC1. The highest BCUT2D eigenvalue weighted by molar-refractivity contribution is 5.95. The molecule has 9 heteroatoms. The predicted octanol–water partition coefficient (Wildman–Crippen LogP) is 2.08. The Kier molecular flexibility index (Phi) is 6.41. The molecule has 2 amide bonds. The highest BCUT2D eigenvalue weighted by Gasteiger charge is 2.22. The van der Waals surface area contributed by atoms with E-state index in [0.717, 1.165) is 12.0 Å². The summed E-state index contributed by atoms with van der Waals surface area (Å²) in [6, 6.07) is 16.5. The first kappa shape index (κ1) is 21.1. The number of rotatable bonds is 5. The highest BCUT2D eigenvalue weighted by Crippen LogP contribution is 2.20. The minimum Gasteiger partial charge on any atom is -0.355 e. The fourth-order valence-electron chi connectivity index (χ4n) is 3.59. The maximum Gasteiger partial charge on any atom is 0.273 e. The Morgan fingerprint density at radius 2 is 1.94 bits per heavy atom. The summed E-state index contributed by atoms with van der Waals surface area (Å²) in [6.45, 7) is 2.19. The van der Waals surface area contributed by atoms with Crippen molar-refractivity contribution in [1.29, 1.82) is 5.26 Å². The van der Waals surface area contributed by atoms with Crippen LogP contribution in [0.4, 0.5) is 5.82 Å². The van der Waals surface area contributed by atoms with Crippen LogP contribution in [0.15, 0.2) is 59.3 Å². The second kappa shape index (κ2) is 9.75. The molecular weight excluding hydrogens is 408 g/mol. The van der Waals surface area contributed by atoms with E-state index in [1.165, 1.54) is 0 Å². The predicted molar refractivity (Wildman–Crippen MR) is 117 cm³/mol. The number of anilines is 1. The lowest BCUT2D eigenvalue weighted by atomic mass is 10.1. The van der Waals surface area contributed by atoms with Gasteiger partial charge in [-0.1, -0.05) is 35.5 Å². The van der Waals surface area contributed by atoms with Crippen molar-refractivity contribution in [3.05, 3.63) is 66.0 Å². The molecule has 1 fully saturated rings. The molecule has 0 bridgehead atoms. The number of nitriles is 1. The molecule has 1 N–H and O–H groups in total. The molecule has 0 aliphatic carbocycles. The van der Waals surface area contributed by atoms with E-state index >= 15 is 0 Å². The van der Waals surface area contributed by atoms with Gasteiger partial charge in [-0.15, -0.1) is 0 Å². The summed E-state index contributed by atoms with van der Waals surface area (Å²) >= 11 is 0. The molecule has 1 aliphatic rings. The molecule has 9 nitrogen and oxygen atoms in total. The van der Waals surface area contributed by atoms with Crippen molar-refractivity contribution in [2.75, 3.05) is 37.6 Å². The summed E-state index contributed by atoms with van der Waals surface area (Å²) in [5.41, 5.74) is 1.46. The van der Waals surface area contributed by atoms with E-state index in [4.69, 9.17) is 4.52 Å². The van der Waals surface area contributed by atoms with E-state index in [9.17, 15) is 14.9 Å². The standard InChI is InChI=1S/C23H22N6O3/c24-15-18-8-4-9-25-22(18)29-11-5-10-28(12-13-29)21(30)16-26-23(31)19-14-20(32-27-19)17-6-2-1-3-7-17/h1-4,6-9,14H,5,10-13,16H2,(H,26,31). The number of benzene rings is 1. The van der Waals surface area contributed by atoms with E-state index in [1.54, 1.807) is 29.3 Å². The highest BCUT2D eigenvalue weighted by atomic mass is 16.5. The van der Waals surface area contributed by atoms with Crippen LogP contribution in [-0.4, -0.2) is 59.6 Å². The van der Waals surface area contributed by atoms with Crippen LogP contribution in [0, 0.1) is 11.3 Å². The molecule has 0 spiro atoms. The molecule has 1 saturated heterocycles. The summed E-state index contributed by atoms with van der Waals surface area (Å²) in [4.78, 5) is 33.1. The normalized spacial score (nSPS) is 13.8. The molecule has 4 rings (SSSR count). The first-order chi connectivity index (χ1) is 15.7. The number of hydrogen-bond donors (Lipinski definition) is 1. The van der Waals surface area contributed by atoms with Gasteiger partial charge < -0.3 is 19.6 Å². The Bertz CT molecular complexity index is 1140. The van der Waals surface area contributed by atoms with Crippen LogP contribution < -0.4 is 10.2 Å². The molecule has 0 saturated carbocycles. The maximum atomic E-state index is 12.7. The molecule has 2 aromatic heterocycles. The molecule has 1 aromatic carbocycles. The number of nitrogens with one attached hydrogen (secondary N) is 1. The second-order valence-corrected chi connectivity index (χ2v) is 7.33. The van der Waals surface area contributed by atoms with Gasteiger partial charge in [0.2, 0.25) is 5.91 Å². The summed E-state index contributed by atoms with van der Waals surface area (Å²) in [5, 5.41) is 15.7. The minimum absolute atomic E-state index is 0.123. The first-order valence-electron chi connectivity index (χ1n) is 10.3. The van der Waals surface area contributed by atoms with Crippen molar-refractivity contribution in [1.82, 2.24) is 20.4 Å². The third-order valence-corrected chi connectivity index (χ3v) is 5.26. The molecule has 162 valence electrons. The molecule has 3 heterocycles. The lowest BCUT2D eigenvalue weighted by Gasteiger charge is -2.23. The van der Waals surface area contributed by atoms with Crippen molar-refractivity contribution >= 4 is 17.6 Å². The third kappa shape index (κ3) is 4.75. The molecule has 0 unspecified atom stereocenters. The van der Waals surface area contributed by atoms with Crippen LogP contribution in [0.25, 0.3) is 11.3 Å². The van der Waals surface area contributed by atoms with Crippen molar-refractivity contribution in [3.63, 3.8) is 0 Å². The summed E-state index contributed by atoms with van der Waals surface area (Å²) < 4.78 is 5.24. The summed E-state index contributed by atoms with van der Waals surface area (Å²) in [7, 11) is 0. The number of hydrogen-bond acceptors (Lipinski definition) is 7. The number of aromatic nitrogens is 2. The molecule has 3 aromatic rings. The van der Waals surface area contributed by atoms with Crippen LogP contribution >= 0.6 is 0 Å². The molecule has 1 aliphatic heterocycles. The number of carbonyl (C=O) groups excluding carboxylic acids is 2. The van der Waals surface area contributed by atoms with Crippen molar-refractivity contribution in [3.8, 4) is 17.4 Å². The van der Waals surface area contributed by atoms with Crippen LogP contribution in [-0.2, 0) is 4.79 Å². The Morgan fingerprint density at radius 1 is 1.09 bits per heavy atom. The smallest absolute Gasteiger partial charge is 0.273 e. The summed E-state index contributed by atoms with van der Waals surface area (Å²) in [5.74, 6) is 0.486. The van der Waals surface area contributed by atoms with Crippen molar-refractivity contribution < 1.29 is 14.1 Å². The Morgan fingerprint density at radius 3 is 2.75 bits per heavy atom. The Labute approximate surface area is 185 Å². The van der Waals surface area contributed by atoms with Gasteiger partial charge in [-0.2, -0.15) is 5.26 Å². The first-order valence-corrected chi connectivity index (χ1v) is 10.3. The van der Waals surface area contributed by atoms with Gasteiger partial charge in [0.25, 0.3) is 5.91 Å². The van der Waals surface area contributed by atoms with Crippen LogP contribution in [0.5, 0.6) is 0 Å². The molecule has 32 heavy (non-hydrogen) atoms. The average Bonchev–Trinajstić information content (AvgIpc) is 3.21. The Balaban J connectivity index is 1.31. The second-order valence-electron chi connectivity index (χ2n) is 7.33. The van der Waals surface area contributed by atoms with Crippen LogP contribution in [0.3, 0.4) is 0 Å². The zero-order valence-electron chi connectivity index (χ0n) is 17.4. The monoisotopic (exact) mass is 430 g/mol. The van der Waals surface area contributed by atoms with E-state index < -0.39 is 5.91 Å². The van der Waals surface area contributed by atoms with Gasteiger partial charge in [0.05, 0.1) is 12.1 Å². The van der Waals surface area contributed by atoms with Crippen LogP contribution in [0.2, 0.25) is 0 Å². The van der Waals surface area contributed by atoms with Gasteiger partial charge >= 0.3 is 0 Å². The number of amides is 2. The third-order valence-electron chi connectivity index (χ3n) is 5.26. The number of pyridine rings is 1. The zero-order valence-corrected chi connectivity index (χ0v) is 17.4. The van der Waals surface area contributed by atoms with E-state index in [-0.39, 0.29) is 18.1 Å². The van der Waals surface area contributed by atoms with Crippen molar-refractivity contribution in [2.45, 2.75) is 6.42 Å². The van der Waals surface area contributed by atoms with Crippen LogP contribution in [0.1, 0.15) is 22.5 Å². The maximum absolute atomic E-state index is 12.7. The Hall–Kier alpha value is -4.19. The summed E-state index contributed by atoms with van der Waals surface area (Å²) in [6.07, 6.45) is 2.40. The fourth-order valence-corrected chi connectivity index (χ4v) is 3.59. The van der Waals surface area contributed by atoms with Gasteiger partial charge in [0, 0.05) is 44.0 Å². The largest absolute Gasteiger partial charge is 0.355 e. The van der Waals surface area contributed by atoms with Gasteiger partial charge in [-0.05, 0) is 18.6 Å². The topological polar surface area (TPSA) is 115 Å². The molecule has 0 atom stereocenters. The van der Waals surface area contributed by atoms with Gasteiger partial charge in [0.1, 0.15) is 11.9 Å². The molecular formula is C23H22N6O3. The van der Waals surface area contributed by atoms with Gasteiger partial charge in [-0.3, -0.25) is 9.59 Å². The van der Waals surface area contributed by atoms with Gasteiger partial charge in [0.15, 0.2) is 11.5 Å². The van der Waals surface area contributed by atoms with Gasteiger partial charge in [-0.25, -0.2) is 4.98 Å². The minimum atomic E-state index is -0.465. The number of nitrogens with zero attached hydrogens (tertiary/aromatic N) is 5. The average molecular weight is 430 g/mol. The lowest BCUT2D eigenvalue weighted by molar-refractivity contribution is -0.129. The van der Waals surface area contributed by atoms with E-state index in [0.29, 0.717) is 43.3 Å². The number of carbonyl (C=O) groups is 2. The quantitative estimate of drug-likeness (QED) is 0.659. The molecule has 0 radical (unpaired) electrons. The lowest BCUT2D eigenvalue weighted by Crippen LogP contribution is -2.42.